The normalized spacial score (nSPS) is 46.4. The lowest BCUT2D eigenvalue weighted by Crippen LogP contribution is -2.70. The van der Waals surface area contributed by atoms with Crippen LogP contribution in [0.2, 0.25) is 0 Å². The summed E-state index contributed by atoms with van der Waals surface area (Å²) < 4.78 is 20.5. The molecule has 0 radical (unpaired) electrons. The molecule has 6 rings (SSSR count). The van der Waals surface area contributed by atoms with Crippen molar-refractivity contribution in [3.63, 3.8) is 0 Å². The van der Waals surface area contributed by atoms with Gasteiger partial charge in [0.25, 0.3) is 5.97 Å². The minimum atomic E-state index is -1.67. The average molecular weight is 465 g/mol. The van der Waals surface area contributed by atoms with Gasteiger partial charge in [0.15, 0.2) is 5.78 Å². The van der Waals surface area contributed by atoms with Crippen molar-refractivity contribution in [2.45, 2.75) is 68.9 Å². The maximum atomic E-state index is 13.3. The average Bonchev–Trinajstić information content (AvgIpc) is 3.10. The van der Waals surface area contributed by atoms with E-state index in [0.717, 1.165) is 11.1 Å². The van der Waals surface area contributed by atoms with Crippen molar-refractivity contribution in [1.29, 1.82) is 0 Å². The van der Waals surface area contributed by atoms with E-state index in [1.807, 2.05) is 49.4 Å². The number of aliphatic hydroxyl groups excluding tert-OH is 1. The Morgan fingerprint density at radius 3 is 2.62 bits per heavy atom. The van der Waals surface area contributed by atoms with Crippen LogP contribution in [0.25, 0.3) is 0 Å². The van der Waals surface area contributed by atoms with Gasteiger partial charge in [-0.15, -0.1) is 0 Å². The van der Waals surface area contributed by atoms with Crippen molar-refractivity contribution >= 4 is 5.78 Å². The molecule has 0 unspecified atom stereocenters. The lowest BCUT2D eigenvalue weighted by Gasteiger charge is -2.59. The second-order valence-electron chi connectivity index (χ2n) is 11.0. The minimum Gasteiger partial charge on any atom is -0.392 e. The second-order valence-corrected chi connectivity index (χ2v) is 11.0. The molecule has 0 amide bonds. The predicted octanol–water partition coefficient (Wildman–Crippen LogP) is 3.24. The van der Waals surface area contributed by atoms with Gasteiger partial charge in [-0.25, -0.2) is 0 Å². The van der Waals surface area contributed by atoms with E-state index in [-0.39, 0.29) is 30.6 Å². The SMILES string of the molecule is C=C(C)[C@]12C[C@@H](C)[C@@]34O[C@@](Cc5ccccc5)(O[C@@H]1[C@@H]3C=C(CO)C[C@]1(O)C(=O)C(C)=C[C@@H]41)O2. The van der Waals surface area contributed by atoms with Gasteiger partial charge in [-0.1, -0.05) is 56.0 Å². The van der Waals surface area contributed by atoms with Crippen molar-refractivity contribution < 1.29 is 29.2 Å². The molecule has 34 heavy (non-hydrogen) atoms. The smallest absolute Gasteiger partial charge is 0.289 e. The van der Waals surface area contributed by atoms with Gasteiger partial charge in [0.1, 0.15) is 17.3 Å². The Hall–Kier alpha value is -2.09. The Morgan fingerprint density at radius 1 is 1.21 bits per heavy atom. The van der Waals surface area contributed by atoms with Gasteiger partial charge in [0.2, 0.25) is 0 Å². The van der Waals surface area contributed by atoms with Crippen LogP contribution in [0.3, 0.4) is 0 Å². The molecule has 1 aromatic rings. The Bertz CT molecular complexity index is 1140. The van der Waals surface area contributed by atoms with Gasteiger partial charge >= 0.3 is 0 Å². The molecular formula is C28H32O6. The predicted molar refractivity (Wildman–Crippen MR) is 124 cm³/mol. The minimum absolute atomic E-state index is 0.0761. The summed E-state index contributed by atoms with van der Waals surface area (Å²) in [5.41, 5.74) is -0.348. The Kier molecular flexibility index (Phi) is 4.60. The number of ether oxygens (including phenoxy) is 3. The third kappa shape index (κ3) is 2.61. The Morgan fingerprint density at radius 2 is 1.94 bits per heavy atom. The van der Waals surface area contributed by atoms with Gasteiger partial charge < -0.3 is 24.4 Å². The molecule has 180 valence electrons. The number of rotatable bonds is 4. The van der Waals surface area contributed by atoms with E-state index in [0.29, 0.717) is 24.0 Å². The molecule has 0 spiro atoms. The fourth-order valence-electron chi connectivity index (χ4n) is 7.50. The molecule has 6 heteroatoms. The maximum Gasteiger partial charge on any atom is 0.289 e. The summed E-state index contributed by atoms with van der Waals surface area (Å²) in [4.78, 5) is 13.3. The lowest BCUT2D eigenvalue weighted by molar-refractivity contribution is -0.421. The van der Waals surface area contributed by atoms with Gasteiger partial charge in [-0.05, 0) is 48.5 Å². The molecule has 8 atom stereocenters. The maximum absolute atomic E-state index is 13.3. The Labute approximate surface area is 199 Å². The van der Waals surface area contributed by atoms with E-state index in [1.54, 1.807) is 6.92 Å². The fraction of sp³-hybridized carbons (Fsp3) is 0.536. The number of Topliss-reactive ketones (excluding diaryl/α,β-unsaturated/α-hetero) is 1. The van der Waals surface area contributed by atoms with Gasteiger partial charge in [0.05, 0.1) is 18.6 Å². The van der Waals surface area contributed by atoms with Crippen LogP contribution in [0.4, 0.5) is 0 Å². The third-order valence-corrected chi connectivity index (χ3v) is 8.93. The van der Waals surface area contributed by atoms with Crippen molar-refractivity contribution in [2.75, 3.05) is 6.61 Å². The fourth-order valence-corrected chi connectivity index (χ4v) is 7.50. The molecule has 1 saturated carbocycles. The molecule has 2 aliphatic heterocycles. The van der Waals surface area contributed by atoms with Crippen LogP contribution in [0.5, 0.6) is 0 Å². The number of benzene rings is 1. The quantitative estimate of drug-likeness (QED) is 0.666. The summed E-state index contributed by atoms with van der Waals surface area (Å²) >= 11 is 0. The molecule has 5 aliphatic rings. The summed E-state index contributed by atoms with van der Waals surface area (Å²) in [6.45, 7) is 9.87. The topological polar surface area (TPSA) is 85.2 Å². The monoisotopic (exact) mass is 464 g/mol. The summed E-state index contributed by atoms with van der Waals surface area (Å²) in [7, 11) is 0. The van der Waals surface area contributed by atoms with Gasteiger partial charge in [-0.2, -0.15) is 0 Å². The molecule has 3 aliphatic carbocycles. The second kappa shape index (κ2) is 6.99. The van der Waals surface area contributed by atoms with E-state index in [9.17, 15) is 15.0 Å². The van der Waals surface area contributed by atoms with Crippen molar-refractivity contribution in [3.8, 4) is 0 Å². The van der Waals surface area contributed by atoms with Crippen molar-refractivity contribution in [1.82, 2.24) is 0 Å². The Balaban J connectivity index is 1.58. The molecule has 2 heterocycles. The van der Waals surface area contributed by atoms with Crippen LogP contribution in [0.1, 0.15) is 39.2 Å². The molecule has 6 nitrogen and oxygen atoms in total. The number of carbonyl (C=O) groups excluding carboxylic acids is 1. The number of hydrogen-bond donors (Lipinski definition) is 2. The zero-order valence-electron chi connectivity index (χ0n) is 19.9. The number of fused-ring (bicyclic) bond motifs is 2. The van der Waals surface area contributed by atoms with Crippen molar-refractivity contribution in [3.05, 3.63) is 71.3 Å². The van der Waals surface area contributed by atoms with E-state index < -0.39 is 34.8 Å². The van der Waals surface area contributed by atoms with E-state index in [2.05, 4.69) is 13.5 Å². The van der Waals surface area contributed by atoms with Crippen LogP contribution >= 0.6 is 0 Å². The summed E-state index contributed by atoms with van der Waals surface area (Å²) in [6.07, 6.45) is 4.51. The zero-order chi connectivity index (χ0) is 24.1. The van der Waals surface area contributed by atoms with Gasteiger partial charge in [0, 0.05) is 18.3 Å². The largest absolute Gasteiger partial charge is 0.392 e. The lowest BCUT2D eigenvalue weighted by atomic mass is 9.55. The van der Waals surface area contributed by atoms with Crippen LogP contribution < -0.4 is 0 Å². The van der Waals surface area contributed by atoms with Crippen LogP contribution in [0.15, 0.2) is 65.8 Å². The standard InChI is InChI=1S/C28H32O6/c1-16(2)26-12-18(4)28-21(11-20(15-29)13-25(31)22(28)10-17(3)23(25)30)24(26)32-27(33-26,34-28)14-19-8-6-5-7-9-19/h5-11,18,21-22,24,29,31H,1,12-15H2,2-4H3/t18-,21+,22-,24-,25-,26-,27+,28-/m1/s1. The molecular weight excluding hydrogens is 432 g/mol. The highest BCUT2D eigenvalue weighted by Gasteiger charge is 2.79. The van der Waals surface area contributed by atoms with E-state index >= 15 is 0 Å². The van der Waals surface area contributed by atoms with E-state index in [1.165, 1.54) is 0 Å². The molecule has 1 aromatic carbocycles. The number of aliphatic hydroxyl groups is 2. The molecule has 2 saturated heterocycles. The highest BCUT2D eigenvalue weighted by molar-refractivity contribution is 6.04. The van der Waals surface area contributed by atoms with Crippen molar-refractivity contribution in [2.24, 2.45) is 17.8 Å². The third-order valence-electron chi connectivity index (χ3n) is 8.93. The molecule has 3 fully saturated rings. The molecule has 2 N–H and O–H groups in total. The van der Waals surface area contributed by atoms with E-state index in [4.69, 9.17) is 14.2 Å². The van der Waals surface area contributed by atoms with Crippen LogP contribution in [-0.2, 0) is 25.4 Å². The first-order valence-corrected chi connectivity index (χ1v) is 12.1. The number of ketones is 1. The number of hydrogen-bond acceptors (Lipinski definition) is 6. The summed E-state index contributed by atoms with van der Waals surface area (Å²) in [5, 5.41) is 22.1. The highest BCUT2D eigenvalue weighted by Crippen LogP contribution is 2.68. The van der Waals surface area contributed by atoms with Gasteiger partial charge in [-0.3, -0.25) is 4.79 Å². The van der Waals surface area contributed by atoms with Crippen LogP contribution in [0, 0.1) is 17.8 Å². The summed E-state index contributed by atoms with van der Waals surface area (Å²) in [5.74, 6) is -2.64. The molecule has 0 aromatic heterocycles. The number of carbonyl (C=O) groups is 1. The first kappa shape index (κ1) is 22.4. The summed E-state index contributed by atoms with van der Waals surface area (Å²) in [6, 6.07) is 9.92. The van der Waals surface area contributed by atoms with Crippen LogP contribution in [-0.4, -0.2) is 51.5 Å². The highest BCUT2D eigenvalue weighted by atomic mass is 16.9. The zero-order valence-corrected chi connectivity index (χ0v) is 19.9. The first-order chi connectivity index (χ1) is 16.1. The first-order valence-electron chi connectivity index (χ1n) is 12.1. The molecule has 3 bridgehead atoms.